The van der Waals surface area contributed by atoms with Gasteiger partial charge in [0.05, 0.1) is 12.7 Å². The van der Waals surface area contributed by atoms with E-state index in [1.54, 1.807) is 0 Å². The molecule has 1 aliphatic carbocycles. The highest BCUT2D eigenvalue weighted by molar-refractivity contribution is 5.79. The van der Waals surface area contributed by atoms with Gasteiger partial charge in [0.1, 0.15) is 5.75 Å². The normalized spacial score (nSPS) is 19.9. The second kappa shape index (κ2) is 10.1. The van der Waals surface area contributed by atoms with Crippen LogP contribution in [-0.4, -0.2) is 28.9 Å². The Hall–Kier alpha value is -2.07. The predicted molar refractivity (Wildman–Crippen MR) is 118 cm³/mol. The number of allylic oxidation sites excluding steroid dienone is 1. The molecular weight excluding hydrogens is 364 g/mol. The first kappa shape index (κ1) is 23.2. The molecule has 0 unspecified atom stereocenters. The largest absolute Gasteiger partial charge is 0.493 e. The van der Waals surface area contributed by atoms with Crippen molar-refractivity contribution in [2.24, 2.45) is 11.3 Å². The van der Waals surface area contributed by atoms with Crippen molar-refractivity contribution in [1.82, 2.24) is 0 Å². The summed E-state index contributed by atoms with van der Waals surface area (Å²) in [5.41, 5.74) is 3.75. The van der Waals surface area contributed by atoms with E-state index in [0.717, 1.165) is 24.7 Å². The molecule has 0 radical (unpaired) electrons. The van der Waals surface area contributed by atoms with Crippen molar-refractivity contribution in [3.63, 3.8) is 0 Å². The van der Waals surface area contributed by atoms with Crippen LogP contribution in [0.4, 0.5) is 0 Å². The SMILES string of the molecule is CCC(C)(C)COc1cc(C)cc2c1[C@H](CC[C@@H](O)C/C=C\C(=O)O)[C@H](C)C=C2. The number of benzene rings is 1. The molecule has 1 aliphatic rings. The first-order chi connectivity index (χ1) is 13.6. The van der Waals surface area contributed by atoms with Crippen LogP contribution in [0.15, 0.2) is 30.4 Å². The molecule has 4 nitrogen and oxygen atoms in total. The number of ether oxygens (including phenoxy) is 1. The second-order valence-corrected chi connectivity index (χ2v) is 9.10. The third-order valence-electron chi connectivity index (χ3n) is 5.96. The molecule has 0 aromatic heterocycles. The number of aryl methyl sites for hydroxylation is 1. The zero-order chi connectivity index (χ0) is 21.6. The summed E-state index contributed by atoms with van der Waals surface area (Å²) in [7, 11) is 0. The highest BCUT2D eigenvalue weighted by Gasteiger charge is 2.28. The molecule has 0 saturated heterocycles. The molecule has 3 atom stereocenters. The van der Waals surface area contributed by atoms with Crippen LogP contribution in [0.2, 0.25) is 0 Å². The summed E-state index contributed by atoms with van der Waals surface area (Å²) in [6.07, 6.45) is 9.37. The molecule has 0 spiro atoms. The molecule has 1 aromatic carbocycles. The van der Waals surface area contributed by atoms with Crippen LogP contribution in [0.5, 0.6) is 5.75 Å². The van der Waals surface area contributed by atoms with Crippen molar-refractivity contribution < 1.29 is 19.7 Å². The van der Waals surface area contributed by atoms with E-state index in [0.29, 0.717) is 25.4 Å². The van der Waals surface area contributed by atoms with Crippen molar-refractivity contribution in [2.75, 3.05) is 6.61 Å². The fourth-order valence-electron chi connectivity index (χ4n) is 3.70. The van der Waals surface area contributed by atoms with Gasteiger partial charge in [-0.3, -0.25) is 0 Å². The van der Waals surface area contributed by atoms with Gasteiger partial charge in [-0.05, 0) is 67.1 Å². The maximum atomic E-state index is 10.6. The molecule has 0 saturated carbocycles. The molecule has 1 aromatic rings. The van der Waals surface area contributed by atoms with Gasteiger partial charge >= 0.3 is 5.97 Å². The minimum atomic E-state index is -0.982. The van der Waals surface area contributed by atoms with Gasteiger partial charge in [0, 0.05) is 11.6 Å². The van der Waals surface area contributed by atoms with E-state index >= 15 is 0 Å². The monoisotopic (exact) mass is 400 g/mol. The Morgan fingerprint density at radius 3 is 2.72 bits per heavy atom. The molecule has 4 heteroatoms. The van der Waals surface area contributed by atoms with Crippen LogP contribution in [-0.2, 0) is 4.79 Å². The number of carbonyl (C=O) groups is 1. The van der Waals surface area contributed by atoms with Gasteiger partial charge in [0.25, 0.3) is 0 Å². The molecule has 0 aliphatic heterocycles. The topological polar surface area (TPSA) is 66.8 Å². The van der Waals surface area contributed by atoms with Crippen molar-refractivity contribution >= 4 is 12.0 Å². The number of hydrogen-bond acceptors (Lipinski definition) is 3. The number of aliphatic hydroxyl groups is 1. The molecule has 0 heterocycles. The highest BCUT2D eigenvalue weighted by atomic mass is 16.5. The molecular formula is C25H36O4. The van der Waals surface area contributed by atoms with Crippen molar-refractivity contribution in [3.05, 3.63) is 47.1 Å². The van der Waals surface area contributed by atoms with Gasteiger partial charge in [-0.1, -0.05) is 52.0 Å². The number of carboxylic acid groups (broad SMARTS) is 1. The fraction of sp³-hybridized carbons (Fsp3) is 0.560. The van der Waals surface area contributed by atoms with Gasteiger partial charge in [0.15, 0.2) is 0 Å². The van der Waals surface area contributed by atoms with Crippen LogP contribution in [0.1, 0.15) is 76.0 Å². The van der Waals surface area contributed by atoms with Crippen molar-refractivity contribution in [3.8, 4) is 5.75 Å². The zero-order valence-corrected chi connectivity index (χ0v) is 18.4. The number of hydrogen-bond donors (Lipinski definition) is 2. The van der Waals surface area contributed by atoms with Crippen molar-refractivity contribution in [1.29, 1.82) is 0 Å². The summed E-state index contributed by atoms with van der Waals surface area (Å²) in [6.45, 7) is 11.6. The van der Waals surface area contributed by atoms with Gasteiger partial charge < -0.3 is 14.9 Å². The predicted octanol–water partition coefficient (Wildman–Crippen LogP) is 5.73. The van der Waals surface area contributed by atoms with Crippen LogP contribution in [0.25, 0.3) is 6.08 Å². The lowest BCUT2D eigenvalue weighted by Crippen LogP contribution is -2.22. The van der Waals surface area contributed by atoms with E-state index in [2.05, 4.69) is 58.9 Å². The summed E-state index contributed by atoms with van der Waals surface area (Å²) < 4.78 is 6.34. The second-order valence-electron chi connectivity index (χ2n) is 9.10. The van der Waals surface area contributed by atoms with Gasteiger partial charge in [-0.2, -0.15) is 0 Å². The van der Waals surface area contributed by atoms with Crippen LogP contribution in [0.3, 0.4) is 0 Å². The Balaban J connectivity index is 2.19. The third-order valence-corrected chi connectivity index (χ3v) is 5.96. The van der Waals surface area contributed by atoms with Gasteiger partial charge in [-0.25, -0.2) is 4.79 Å². The molecule has 160 valence electrons. The summed E-state index contributed by atoms with van der Waals surface area (Å²) in [5, 5.41) is 19.0. The average molecular weight is 401 g/mol. The summed E-state index contributed by atoms with van der Waals surface area (Å²) in [5.74, 6) is 0.606. The molecule has 2 N–H and O–H groups in total. The molecule has 2 rings (SSSR count). The van der Waals surface area contributed by atoms with E-state index < -0.39 is 12.1 Å². The number of aliphatic hydroxyl groups excluding tert-OH is 1. The Morgan fingerprint density at radius 1 is 1.34 bits per heavy atom. The standard InChI is InChI=1S/C25H36O4/c1-6-25(4,5)16-29-22-15-17(2)14-19-11-10-18(3)21(24(19)22)13-12-20(26)8-7-9-23(27)28/h7,9-11,14-15,18,20-21,26H,6,8,12-13,16H2,1-5H3,(H,27,28)/b9-7-/t18-,20+,21-/m1/s1. The lowest BCUT2D eigenvalue weighted by atomic mass is 9.76. The highest BCUT2D eigenvalue weighted by Crippen LogP contribution is 2.43. The molecule has 0 bridgehead atoms. The Bertz CT molecular complexity index is 760. The lowest BCUT2D eigenvalue weighted by molar-refractivity contribution is -0.131. The Labute approximate surface area is 175 Å². The number of rotatable bonds is 10. The van der Waals surface area contributed by atoms with E-state index in [4.69, 9.17) is 9.84 Å². The third kappa shape index (κ3) is 6.74. The summed E-state index contributed by atoms with van der Waals surface area (Å²) in [6, 6.07) is 4.34. The lowest BCUT2D eigenvalue weighted by Gasteiger charge is -2.32. The quantitative estimate of drug-likeness (QED) is 0.492. The average Bonchev–Trinajstić information content (AvgIpc) is 2.65. The van der Waals surface area contributed by atoms with Crippen LogP contribution < -0.4 is 4.74 Å². The minimum Gasteiger partial charge on any atom is -0.493 e. The first-order valence-corrected chi connectivity index (χ1v) is 10.7. The number of aliphatic carboxylic acids is 1. The maximum Gasteiger partial charge on any atom is 0.327 e. The van der Waals surface area contributed by atoms with Gasteiger partial charge in [0.2, 0.25) is 0 Å². The fourth-order valence-corrected chi connectivity index (χ4v) is 3.70. The van der Waals surface area contributed by atoms with Crippen molar-refractivity contribution in [2.45, 2.75) is 72.3 Å². The van der Waals surface area contributed by atoms with E-state index in [1.165, 1.54) is 22.8 Å². The first-order valence-electron chi connectivity index (χ1n) is 10.7. The smallest absolute Gasteiger partial charge is 0.327 e. The van der Waals surface area contributed by atoms with Gasteiger partial charge in [-0.15, -0.1) is 0 Å². The van der Waals surface area contributed by atoms with Crippen LogP contribution in [0, 0.1) is 18.3 Å². The zero-order valence-electron chi connectivity index (χ0n) is 18.4. The van der Waals surface area contributed by atoms with E-state index in [-0.39, 0.29) is 11.3 Å². The number of carboxylic acids is 1. The summed E-state index contributed by atoms with van der Waals surface area (Å²) in [4.78, 5) is 10.6. The molecule has 29 heavy (non-hydrogen) atoms. The molecule has 0 amide bonds. The minimum absolute atomic E-state index is 0.120. The van der Waals surface area contributed by atoms with E-state index in [9.17, 15) is 9.90 Å². The maximum absolute atomic E-state index is 10.6. The molecule has 0 fully saturated rings. The Kier molecular flexibility index (Phi) is 8.09. The van der Waals surface area contributed by atoms with E-state index in [1.807, 2.05) is 0 Å². The van der Waals surface area contributed by atoms with Crippen LogP contribution >= 0.6 is 0 Å². The number of fused-ring (bicyclic) bond motifs is 1. The Morgan fingerprint density at radius 2 is 2.07 bits per heavy atom. The summed E-state index contributed by atoms with van der Waals surface area (Å²) >= 11 is 0.